The van der Waals surface area contributed by atoms with Crippen molar-refractivity contribution in [1.29, 1.82) is 0 Å². The average molecular weight is 365 g/mol. The molecule has 3 atom stereocenters. The van der Waals surface area contributed by atoms with Crippen LogP contribution >= 0.6 is 0 Å². The van der Waals surface area contributed by atoms with Crippen LogP contribution in [0, 0.1) is 0 Å². The highest BCUT2D eigenvalue weighted by atomic mass is 16.5. The van der Waals surface area contributed by atoms with Crippen LogP contribution in [0.1, 0.15) is 31.9 Å². The zero-order valence-electron chi connectivity index (χ0n) is 15.6. The fourth-order valence-electron chi connectivity index (χ4n) is 3.09. The number of ether oxygens (including phenoxy) is 3. The van der Waals surface area contributed by atoms with Crippen molar-refractivity contribution in [3.63, 3.8) is 0 Å². The summed E-state index contributed by atoms with van der Waals surface area (Å²) in [5, 5.41) is 6.82. The molecule has 0 saturated carbocycles. The molecule has 0 amide bonds. The van der Waals surface area contributed by atoms with Crippen LogP contribution in [0.2, 0.25) is 0 Å². The maximum absolute atomic E-state index is 5.90. The lowest BCUT2D eigenvalue weighted by atomic mass is 10.2. The maximum Gasteiger partial charge on any atom is 0.191 e. The molecule has 7 nitrogen and oxygen atoms in total. The van der Waals surface area contributed by atoms with Crippen molar-refractivity contribution in [2.24, 2.45) is 4.99 Å². The van der Waals surface area contributed by atoms with Crippen LogP contribution in [0.3, 0.4) is 0 Å². The highest BCUT2D eigenvalue weighted by Gasteiger charge is 2.18. The summed E-state index contributed by atoms with van der Waals surface area (Å²) < 4.78 is 22.3. The van der Waals surface area contributed by atoms with E-state index in [2.05, 4.69) is 17.6 Å². The lowest BCUT2D eigenvalue weighted by Crippen LogP contribution is -2.45. The molecule has 2 saturated heterocycles. The highest BCUT2D eigenvalue weighted by molar-refractivity contribution is 5.80. The first-order chi connectivity index (χ1) is 12.8. The first-order valence-corrected chi connectivity index (χ1v) is 9.68. The number of hydrogen-bond donors (Lipinski definition) is 2. The van der Waals surface area contributed by atoms with Crippen molar-refractivity contribution in [2.75, 3.05) is 39.5 Å². The Morgan fingerprint density at radius 1 is 1.38 bits per heavy atom. The standard InChI is InChI=1S/C19H31N3O4/c1-15(13-26-18-7-11-23-14-18)22-19(21-12-17-5-3-10-25-17)20-8-6-16-4-2-9-24-16/h2,4,9,15,17-18H,3,5-8,10-14H2,1H3,(H2,20,21,22). The van der Waals surface area contributed by atoms with Crippen molar-refractivity contribution in [3.05, 3.63) is 24.2 Å². The quantitative estimate of drug-likeness (QED) is 0.513. The first-order valence-electron chi connectivity index (χ1n) is 9.68. The molecule has 2 aliphatic heterocycles. The van der Waals surface area contributed by atoms with Crippen molar-refractivity contribution in [3.8, 4) is 0 Å². The van der Waals surface area contributed by atoms with Gasteiger partial charge in [-0.2, -0.15) is 0 Å². The molecule has 0 aliphatic carbocycles. The third kappa shape index (κ3) is 6.63. The van der Waals surface area contributed by atoms with Crippen LogP contribution in [-0.4, -0.2) is 63.7 Å². The average Bonchev–Trinajstić information content (AvgIpc) is 3.41. The van der Waals surface area contributed by atoms with Crippen molar-refractivity contribution in [2.45, 2.75) is 50.9 Å². The normalized spacial score (nSPS) is 24.7. The molecule has 7 heteroatoms. The van der Waals surface area contributed by atoms with E-state index < -0.39 is 0 Å². The van der Waals surface area contributed by atoms with Gasteiger partial charge in [0.1, 0.15) is 5.76 Å². The Morgan fingerprint density at radius 3 is 3.08 bits per heavy atom. The van der Waals surface area contributed by atoms with E-state index in [1.807, 2.05) is 12.1 Å². The van der Waals surface area contributed by atoms with E-state index in [-0.39, 0.29) is 18.2 Å². The van der Waals surface area contributed by atoms with Gasteiger partial charge in [-0.1, -0.05) is 0 Å². The monoisotopic (exact) mass is 365 g/mol. The lowest BCUT2D eigenvalue weighted by molar-refractivity contribution is 0.0347. The smallest absolute Gasteiger partial charge is 0.191 e. The Hall–Kier alpha value is -1.57. The summed E-state index contributed by atoms with van der Waals surface area (Å²) in [6, 6.07) is 4.06. The van der Waals surface area contributed by atoms with E-state index in [1.165, 1.54) is 0 Å². The van der Waals surface area contributed by atoms with Crippen LogP contribution in [-0.2, 0) is 20.6 Å². The fraction of sp³-hybridized carbons (Fsp3) is 0.737. The van der Waals surface area contributed by atoms with E-state index in [1.54, 1.807) is 6.26 Å². The fourth-order valence-corrected chi connectivity index (χ4v) is 3.09. The molecular weight excluding hydrogens is 334 g/mol. The minimum Gasteiger partial charge on any atom is -0.469 e. The Morgan fingerprint density at radius 2 is 2.35 bits per heavy atom. The third-order valence-corrected chi connectivity index (χ3v) is 4.57. The van der Waals surface area contributed by atoms with Gasteiger partial charge in [-0.05, 0) is 38.3 Å². The van der Waals surface area contributed by atoms with Gasteiger partial charge in [0, 0.05) is 32.2 Å². The number of furan rings is 1. The number of aliphatic imine (C=N–C) groups is 1. The van der Waals surface area contributed by atoms with Crippen LogP contribution in [0.15, 0.2) is 27.8 Å². The Balaban J connectivity index is 1.44. The van der Waals surface area contributed by atoms with Gasteiger partial charge in [-0.25, -0.2) is 0 Å². The largest absolute Gasteiger partial charge is 0.469 e. The van der Waals surface area contributed by atoms with Crippen molar-refractivity contribution >= 4 is 5.96 Å². The minimum atomic E-state index is 0.162. The minimum absolute atomic E-state index is 0.162. The van der Waals surface area contributed by atoms with Gasteiger partial charge in [0.25, 0.3) is 0 Å². The lowest BCUT2D eigenvalue weighted by Gasteiger charge is -2.20. The molecule has 1 aromatic heterocycles. The molecule has 2 aliphatic rings. The number of guanidine groups is 1. The first kappa shape index (κ1) is 19.2. The van der Waals surface area contributed by atoms with Gasteiger partial charge in [-0.3, -0.25) is 4.99 Å². The predicted molar refractivity (Wildman–Crippen MR) is 99.5 cm³/mol. The van der Waals surface area contributed by atoms with Gasteiger partial charge in [-0.15, -0.1) is 0 Å². The second kappa shape index (κ2) is 10.5. The summed E-state index contributed by atoms with van der Waals surface area (Å²) >= 11 is 0. The molecule has 146 valence electrons. The predicted octanol–water partition coefficient (Wildman–Crippen LogP) is 1.73. The van der Waals surface area contributed by atoms with E-state index in [0.29, 0.717) is 19.8 Å². The zero-order chi connectivity index (χ0) is 18.0. The van der Waals surface area contributed by atoms with E-state index >= 15 is 0 Å². The zero-order valence-corrected chi connectivity index (χ0v) is 15.6. The molecule has 1 aromatic rings. The van der Waals surface area contributed by atoms with Crippen LogP contribution in [0.4, 0.5) is 0 Å². The molecule has 0 radical (unpaired) electrons. The molecule has 2 fully saturated rings. The van der Waals surface area contributed by atoms with Gasteiger partial charge in [0.15, 0.2) is 5.96 Å². The molecule has 0 aromatic carbocycles. The van der Waals surface area contributed by atoms with Gasteiger partial charge in [0.05, 0.1) is 38.2 Å². The molecule has 3 unspecified atom stereocenters. The van der Waals surface area contributed by atoms with E-state index in [9.17, 15) is 0 Å². The number of hydrogen-bond acceptors (Lipinski definition) is 5. The summed E-state index contributed by atoms with van der Waals surface area (Å²) in [7, 11) is 0. The van der Waals surface area contributed by atoms with Gasteiger partial charge in [0.2, 0.25) is 0 Å². The molecule has 0 spiro atoms. The SMILES string of the molecule is CC(COC1CCOC1)NC(=NCC1CCCO1)NCCc1ccco1. The molecule has 2 N–H and O–H groups in total. The second-order valence-corrected chi connectivity index (χ2v) is 6.94. The summed E-state index contributed by atoms with van der Waals surface area (Å²) in [5.74, 6) is 1.76. The highest BCUT2D eigenvalue weighted by Crippen LogP contribution is 2.12. The number of rotatable bonds is 9. The van der Waals surface area contributed by atoms with Gasteiger partial charge >= 0.3 is 0 Å². The second-order valence-electron chi connectivity index (χ2n) is 6.94. The molecule has 3 heterocycles. The van der Waals surface area contributed by atoms with Crippen molar-refractivity contribution in [1.82, 2.24) is 10.6 Å². The summed E-state index contributed by atoms with van der Waals surface area (Å²) in [5.41, 5.74) is 0. The molecule has 26 heavy (non-hydrogen) atoms. The Labute approximate surface area is 155 Å². The Bertz CT molecular complexity index is 523. The maximum atomic E-state index is 5.90. The number of nitrogens with zero attached hydrogens (tertiary/aromatic N) is 1. The third-order valence-electron chi connectivity index (χ3n) is 4.57. The summed E-state index contributed by atoms with van der Waals surface area (Å²) in [6.07, 6.45) is 6.17. The molecule has 0 bridgehead atoms. The number of nitrogens with one attached hydrogen (secondary N) is 2. The van der Waals surface area contributed by atoms with Crippen LogP contribution in [0.5, 0.6) is 0 Å². The van der Waals surface area contributed by atoms with Crippen molar-refractivity contribution < 1.29 is 18.6 Å². The van der Waals surface area contributed by atoms with E-state index in [4.69, 9.17) is 23.6 Å². The van der Waals surface area contributed by atoms with Crippen LogP contribution < -0.4 is 10.6 Å². The molecule has 3 rings (SSSR count). The topological polar surface area (TPSA) is 77.2 Å². The van der Waals surface area contributed by atoms with E-state index in [0.717, 1.165) is 57.2 Å². The van der Waals surface area contributed by atoms with Crippen LogP contribution in [0.25, 0.3) is 0 Å². The summed E-state index contributed by atoms with van der Waals surface area (Å²) in [6.45, 7) is 6.53. The summed E-state index contributed by atoms with van der Waals surface area (Å²) in [4.78, 5) is 4.70. The Kier molecular flexibility index (Phi) is 7.79. The molecular formula is C19H31N3O4. The van der Waals surface area contributed by atoms with Gasteiger partial charge < -0.3 is 29.3 Å².